The first-order valence-corrected chi connectivity index (χ1v) is 7.86. The van der Waals surface area contributed by atoms with E-state index in [1.165, 1.54) is 18.2 Å². The Labute approximate surface area is 162 Å². The van der Waals surface area contributed by atoms with E-state index in [0.717, 1.165) is 13.1 Å². The summed E-state index contributed by atoms with van der Waals surface area (Å²) in [5.41, 5.74) is 2.40. The number of hydrogen-bond donors (Lipinski definition) is 2. The first-order chi connectivity index (χ1) is 11.3. The third kappa shape index (κ3) is 8.89. The van der Waals surface area contributed by atoms with Crippen LogP contribution < -0.4 is 10.6 Å². The van der Waals surface area contributed by atoms with Crippen LogP contribution >= 0.6 is 24.8 Å². The van der Waals surface area contributed by atoms with Crippen LogP contribution in [-0.4, -0.2) is 26.2 Å². The maximum absolute atomic E-state index is 11.9. The van der Waals surface area contributed by atoms with Crippen LogP contribution in [0.25, 0.3) is 0 Å². The van der Waals surface area contributed by atoms with E-state index in [-0.39, 0.29) is 36.7 Å². The molecule has 0 heterocycles. The Morgan fingerprint density at radius 2 is 1.24 bits per heavy atom. The average molecular weight is 385 g/mol. The Balaban J connectivity index is 0.00000288. The van der Waals surface area contributed by atoms with Crippen molar-refractivity contribution >= 4 is 30.8 Å². The minimum atomic E-state index is -0.201. The molecule has 0 aliphatic rings. The van der Waals surface area contributed by atoms with Crippen LogP contribution in [0.5, 0.6) is 0 Å². The van der Waals surface area contributed by atoms with Gasteiger partial charge < -0.3 is 15.4 Å². The highest BCUT2D eigenvalue weighted by Gasteiger charge is 2.18. The van der Waals surface area contributed by atoms with Gasteiger partial charge in [-0.3, -0.25) is 4.79 Å². The number of ether oxygens (including phenoxy) is 1. The SMILES string of the molecule is COC(=O)C(CNCc1ccccc1)CNCc1ccccc1.Cl.Cl. The predicted molar refractivity (Wildman–Crippen MR) is 106 cm³/mol. The number of carbonyl (C=O) groups is 1. The zero-order valence-electron chi connectivity index (χ0n) is 14.3. The molecule has 138 valence electrons. The molecule has 0 saturated heterocycles. The summed E-state index contributed by atoms with van der Waals surface area (Å²) in [4.78, 5) is 11.9. The number of rotatable bonds is 9. The van der Waals surface area contributed by atoms with E-state index >= 15 is 0 Å². The summed E-state index contributed by atoms with van der Waals surface area (Å²) in [5, 5.41) is 6.65. The average Bonchev–Trinajstić information content (AvgIpc) is 2.61. The van der Waals surface area contributed by atoms with E-state index in [9.17, 15) is 4.79 Å². The van der Waals surface area contributed by atoms with Crippen LogP contribution in [0, 0.1) is 5.92 Å². The van der Waals surface area contributed by atoms with Gasteiger partial charge in [0, 0.05) is 26.2 Å². The molecule has 0 atom stereocenters. The number of benzene rings is 2. The highest BCUT2D eigenvalue weighted by Crippen LogP contribution is 2.02. The number of hydrogen-bond acceptors (Lipinski definition) is 4. The van der Waals surface area contributed by atoms with Crippen molar-refractivity contribution in [1.82, 2.24) is 10.6 Å². The smallest absolute Gasteiger partial charge is 0.311 e. The zero-order chi connectivity index (χ0) is 16.3. The predicted octanol–water partition coefficient (Wildman–Crippen LogP) is 3.20. The van der Waals surface area contributed by atoms with E-state index in [1.807, 2.05) is 36.4 Å². The van der Waals surface area contributed by atoms with Crippen molar-refractivity contribution in [1.29, 1.82) is 0 Å². The molecule has 25 heavy (non-hydrogen) atoms. The summed E-state index contributed by atoms with van der Waals surface area (Å²) >= 11 is 0. The van der Waals surface area contributed by atoms with Gasteiger partial charge in [0.2, 0.25) is 0 Å². The van der Waals surface area contributed by atoms with Gasteiger partial charge in [-0.25, -0.2) is 0 Å². The van der Waals surface area contributed by atoms with Crippen molar-refractivity contribution < 1.29 is 9.53 Å². The third-order valence-corrected chi connectivity index (χ3v) is 3.66. The van der Waals surface area contributed by atoms with E-state index in [0.29, 0.717) is 13.1 Å². The van der Waals surface area contributed by atoms with Crippen molar-refractivity contribution in [2.45, 2.75) is 13.1 Å². The van der Waals surface area contributed by atoms with Crippen LogP contribution in [-0.2, 0) is 22.6 Å². The molecule has 0 bridgehead atoms. The lowest BCUT2D eigenvalue weighted by molar-refractivity contribution is -0.145. The summed E-state index contributed by atoms with van der Waals surface area (Å²) in [6, 6.07) is 20.3. The van der Waals surface area contributed by atoms with E-state index in [1.54, 1.807) is 0 Å². The minimum absolute atomic E-state index is 0. The molecule has 0 saturated carbocycles. The fourth-order valence-corrected chi connectivity index (χ4v) is 2.38. The first-order valence-electron chi connectivity index (χ1n) is 7.86. The number of nitrogens with one attached hydrogen (secondary N) is 2. The Kier molecular flexibility index (Phi) is 12.8. The van der Waals surface area contributed by atoms with E-state index in [2.05, 4.69) is 34.9 Å². The third-order valence-electron chi connectivity index (χ3n) is 3.66. The Hall–Kier alpha value is -1.59. The topological polar surface area (TPSA) is 50.4 Å². The van der Waals surface area contributed by atoms with Crippen LogP contribution in [0.4, 0.5) is 0 Å². The van der Waals surface area contributed by atoms with Gasteiger partial charge in [-0.15, -0.1) is 24.8 Å². The van der Waals surface area contributed by atoms with Gasteiger partial charge >= 0.3 is 5.97 Å². The molecule has 2 aromatic carbocycles. The van der Waals surface area contributed by atoms with Crippen LogP contribution in [0.1, 0.15) is 11.1 Å². The summed E-state index contributed by atoms with van der Waals surface area (Å²) in [5.74, 6) is -0.390. The Bertz CT molecular complexity index is 537. The fraction of sp³-hybridized carbons (Fsp3) is 0.316. The van der Waals surface area contributed by atoms with E-state index < -0.39 is 0 Å². The molecule has 0 aliphatic carbocycles. The van der Waals surface area contributed by atoms with Gasteiger partial charge in [-0.2, -0.15) is 0 Å². The highest BCUT2D eigenvalue weighted by atomic mass is 35.5. The van der Waals surface area contributed by atoms with Crippen LogP contribution in [0.3, 0.4) is 0 Å². The van der Waals surface area contributed by atoms with Crippen LogP contribution in [0.15, 0.2) is 60.7 Å². The maximum Gasteiger partial charge on any atom is 0.311 e. The van der Waals surface area contributed by atoms with Gasteiger partial charge in [0.1, 0.15) is 0 Å². The van der Waals surface area contributed by atoms with Gasteiger partial charge in [-0.1, -0.05) is 60.7 Å². The lowest BCUT2D eigenvalue weighted by Crippen LogP contribution is -2.36. The molecule has 2 aromatic rings. The highest BCUT2D eigenvalue weighted by molar-refractivity contribution is 5.85. The fourth-order valence-electron chi connectivity index (χ4n) is 2.38. The molecule has 4 nitrogen and oxygen atoms in total. The summed E-state index contributed by atoms with van der Waals surface area (Å²) in [6.07, 6.45) is 0. The normalized spacial score (nSPS) is 9.84. The van der Waals surface area contributed by atoms with Gasteiger partial charge in [0.05, 0.1) is 13.0 Å². The summed E-state index contributed by atoms with van der Waals surface area (Å²) in [7, 11) is 1.43. The monoisotopic (exact) mass is 384 g/mol. The minimum Gasteiger partial charge on any atom is -0.469 e. The first kappa shape index (κ1) is 23.4. The number of carbonyl (C=O) groups excluding carboxylic acids is 1. The van der Waals surface area contributed by atoms with Crippen molar-refractivity contribution in [3.8, 4) is 0 Å². The van der Waals surface area contributed by atoms with Crippen molar-refractivity contribution in [3.63, 3.8) is 0 Å². The number of methoxy groups -OCH3 is 1. The Morgan fingerprint density at radius 1 is 0.840 bits per heavy atom. The Morgan fingerprint density at radius 3 is 1.60 bits per heavy atom. The second-order valence-electron chi connectivity index (χ2n) is 5.45. The molecule has 0 radical (unpaired) electrons. The summed E-state index contributed by atoms with van der Waals surface area (Å²) < 4.78 is 4.90. The standard InChI is InChI=1S/C19H24N2O2.2ClH/c1-23-19(22)18(14-20-12-16-8-4-2-5-9-16)15-21-13-17-10-6-3-7-11-17;;/h2-11,18,20-21H,12-15H2,1H3;2*1H. The quantitative estimate of drug-likeness (QED) is 0.651. The van der Waals surface area contributed by atoms with Crippen molar-refractivity contribution in [2.24, 2.45) is 5.92 Å². The molecule has 0 aromatic heterocycles. The van der Waals surface area contributed by atoms with Crippen LogP contribution in [0.2, 0.25) is 0 Å². The molecule has 0 aliphatic heterocycles. The molecule has 0 fully saturated rings. The molecule has 0 amide bonds. The second kappa shape index (κ2) is 13.7. The van der Waals surface area contributed by atoms with Crippen molar-refractivity contribution in [2.75, 3.05) is 20.2 Å². The largest absolute Gasteiger partial charge is 0.469 e. The lowest BCUT2D eigenvalue weighted by Gasteiger charge is -2.16. The van der Waals surface area contributed by atoms with Gasteiger partial charge in [0.25, 0.3) is 0 Å². The van der Waals surface area contributed by atoms with E-state index in [4.69, 9.17) is 4.74 Å². The lowest BCUT2D eigenvalue weighted by atomic mass is 10.1. The number of halogens is 2. The van der Waals surface area contributed by atoms with Gasteiger partial charge in [-0.05, 0) is 11.1 Å². The molecule has 2 N–H and O–H groups in total. The molecule has 2 rings (SSSR count). The molecule has 0 spiro atoms. The second-order valence-corrected chi connectivity index (χ2v) is 5.45. The molecule has 6 heteroatoms. The van der Waals surface area contributed by atoms with Gasteiger partial charge in [0.15, 0.2) is 0 Å². The molecule has 0 unspecified atom stereocenters. The van der Waals surface area contributed by atoms with Crippen molar-refractivity contribution in [3.05, 3.63) is 71.8 Å². The summed E-state index contributed by atoms with van der Waals surface area (Å²) in [6.45, 7) is 2.66. The maximum atomic E-state index is 11.9. The molecular formula is C19H26Cl2N2O2. The molecular weight excluding hydrogens is 359 g/mol. The zero-order valence-corrected chi connectivity index (χ0v) is 15.9. The number of esters is 1.